The lowest BCUT2D eigenvalue weighted by molar-refractivity contribution is 0.378. The normalized spacial score (nSPS) is 11.7. The number of nitrogens with one attached hydrogen (secondary N) is 1. The molecule has 0 fully saturated rings. The summed E-state index contributed by atoms with van der Waals surface area (Å²) in [6.45, 7) is 5.61. The standard InChI is InChI=1S/C14H22BrN/c1-14(2,10-11-15)16-12-6-9-13-7-4-3-5-8-13/h3-5,7-8,16H,6,9-12H2,1-2H3. The van der Waals surface area contributed by atoms with E-state index in [1.54, 1.807) is 0 Å². The van der Waals surface area contributed by atoms with Crippen molar-refractivity contribution in [1.82, 2.24) is 5.32 Å². The van der Waals surface area contributed by atoms with Crippen LogP contribution in [0.5, 0.6) is 0 Å². The van der Waals surface area contributed by atoms with Crippen LogP contribution in [0.4, 0.5) is 0 Å². The lowest BCUT2D eigenvalue weighted by atomic mass is 10.0. The summed E-state index contributed by atoms with van der Waals surface area (Å²) in [4.78, 5) is 0. The molecule has 0 aliphatic rings. The fourth-order valence-electron chi connectivity index (χ4n) is 1.69. The van der Waals surface area contributed by atoms with Gasteiger partial charge in [-0.1, -0.05) is 46.3 Å². The molecule has 16 heavy (non-hydrogen) atoms. The van der Waals surface area contributed by atoms with Gasteiger partial charge in [0.2, 0.25) is 0 Å². The molecule has 0 heterocycles. The van der Waals surface area contributed by atoms with Crippen molar-refractivity contribution in [2.24, 2.45) is 0 Å². The highest BCUT2D eigenvalue weighted by Crippen LogP contribution is 2.10. The highest BCUT2D eigenvalue weighted by atomic mass is 79.9. The van der Waals surface area contributed by atoms with Gasteiger partial charge in [-0.05, 0) is 45.2 Å². The van der Waals surface area contributed by atoms with E-state index in [0.29, 0.717) is 0 Å². The largest absolute Gasteiger partial charge is 0.312 e. The summed E-state index contributed by atoms with van der Waals surface area (Å²) in [5, 5.41) is 4.66. The van der Waals surface area contributed by atoms with E-state index in [9.17, 15) is 0 Å². The Morgan fingerprint density at radius 3 is 2.50 bits per heavy atom. The molecule has 0 saturated carbocycles. The van der Waals surface area contributed by atoms with Gasteiger partial charge >= 0.3 is 0 Å². The lowest BCUT2D eigenvalue weighted by Gasteiger charge is -2.25. The number of rotatable bonds is 7. The summed E-state index contributed by atoms with van der Waals surface area (Å²) in [5.41, 5.74) is 1.68. The van der Waals surface area contributed by atoms with Crippen molar-refractivity contribution in [3.63, 3.8) is 0 Å². The van der Waals surface area contributed by atoms with E-state index in [4.69, 9.17) is 0 Å². The zero-order valence-corrected chi connectivity index (χ0v) is 11.9. The topological polar surface area (TPSA) is 12.0 Å². The Labute approximate surface area is 108 Å². The SMILES string of the molecule is CC(C)(CCBr)NCCCc1ccccc1. The molecule has 0 radical (unpaired) electrons. The second-order valence-electron chi connectivity index (χ2n) is 4.84. The fourth-order valence-corrected chi connectivity index (χ4v) is 2.68. The molecule has 90 valence electrons. The van der Waals surface area contributed by atoms with Crippen LogP contribution in [0.1, 0.15) is 32.3 Å². The Morgan fingerprint density at radius 1 is 1.19 bits per heavy atom. The maximum Gasteiger partial charge on any atom is 0.0133 e. The van der Waals surface area contributed by atoms with Crippen molar-refractivity contribution < 1.29 is 0 Å². The fraction of sp³-hybridized carbons (Fsp3) is 0.571. The first-order chi connectivity index (χ1) is 7.64. The molecule has 0 atom stereocenters. The van der Waals surface area contributed by atoms with Crippen LogP contribution in [0.15, 0.2) is 30.3 Å². The quantitative estimate of drug-likeness (QED) is 0.593. The highest BCUT2D eigenvalue weighted by Gasteiger charge is 2.14. The van der Waals surface area contributed by atoms with E-state index in [2.05, 4.69) is 65.4 Å². The molecule has 1 rings (SSSR count). The van der Waals surface area contributed by atoms with Crippen LogP contribution in [0, 0.1) is 0 Å². The number of hydrogen-bond acceptors (Lipinski definition) is 1. The van der Waals surface area contributed by atoms with Gasteiger partial charge in [-0.15, -0.1) is 0 Å². The number of alkyl halides is 1. The molecule has 2 heteroatoms. The molecule has 1 aromatic carbocycles. The summed E-state index contributed by atoms with van der Waals surface area (Å²) in [6, 6.07) is 10.7. The zero-order valence-electron chi connectivity index (χ0n) is 10.3. The Kier molecular flexibility index (Phi) is 6.07. The summed E-state index contributed by atoms with van der Waals surface area (Å²) < 4.78 is 0. The number of aryl methyl sites for hydroxylation is 1. The average Bonchev–Trinajstić information content (AvgIpc) is 2.26. The minimum atomic E-state index is 0.250. The molecule has 1 aromatic rings. The van der Waals surface area contributed by atoms with E-state index in [1.807, 2.05) is 0 Å². The Bertz CT molecular complexity index is 282. The molecule has 1 nitrogen and oxygen atoms in total. The van der Waals surface area contributed by atoms with Crippen LogP contribution in [0.25, 0.3) is 0 Å². The predicted octanol–water partition coefficient (Wildman–Crippen LogP) is 3.77. The van der Waals surface area contributed by atoms with Crippen molar-refractivity contribution in [3.8, 4) is 0 Å². The van der Waals surface area contributed by atoms with Gasteiger partial charge in [-0.2, -0.15) is 0 Å². The van der Waals surface area contributed by atoms with Crippen LogP contribution in [0.3, 0.4) is 0 Å². The molecule has 0 bridgehead atoms. The first kappa shape index (κ1) is 13.7. The summed E-state index contributed by atoms with van der Waals surface area (Å²) in [5.74, 6) is 0. The van der Waals surface area contributed by atoms with Crippen molar-refractivity contribution in [2.45, 2.75) is 38.6 Å². The molecule has 0 unspecified atom stereocenters. The van der Waals surface area contributed by atoms with Crippen LogP contribution in [0.2, 0.25) is 0 Å². The highest BCUT2D eigenvalue weighted by molar-refractivity contribution is 9.09. The zero-order chi connectivity index (χ0) is 11.9. The second kappa shape index (κ2) is 7.08. The van der Waals surface area contributed by atoms with Crippen LogP contribution < -0.4 is 5.32 Å². The average molecular weight is 284 g/mol. The van der Waals surface area contributed by atoms with E-state index in [-0.39, 0.29) is 5.54 Å². The lowest BCUT2D eigenvalue weighted by Crippen LogP contribution is -2.40. The van der Waals surface area contributed by atoms with Gasteiger partial charge in [0.25, 0.3) is 0 Å². The van der Waals surface area contributed by atoms with E-state index in [1.165, 1.54) is 18.4 Å². The molecule has 0 saturated heterocycles. The Balaban J connectivity index is 2.17. The molecule has 0 spiro atoms. The van der Waals surface area contributed by atoms with E-state index in [0.717, 1.165) is 18.3 Å². The molecule has 0 aliphatic carbocycles. The monoisotopic (exact) mass is 283 g/mol. The van der Waals surface area contributed by atoms with Gasteiger partial charge in [0.05, 0.1) is 0 Å². The molecule has 1 N–H and O–H groups in total. The van der Waals surface area contributed by atoms with Crippen LogP contribution in [-0.4, -0.2) is 17.4 Å². The van der Waals surface area contributed by atoms with Crippen LogP contribution in [-0.2, 0) is 6.42 Å². The van der Waals surface area contributed by atoms with Gasteiger partial charge in [0, 0.05) is 10.9 Å². The summed E-state index contributed by atoms with van der Waals surface area (Å²) >= 11 is 3.49. The third-order valence-corrected chi connectivity index (χ3v) is 3.20. The molecule has 0 amide bonds. The van der Waals surface area contributed by atoms with Gasteiger partial charge < -0.3 is 5.32 Å². The Hall–Kier alpha value is -0.340. The van der Waals surface area contributed by atoms with Crippen molar-refractivity contribution in [1.29, 1.82) is 0 Å². The smallest absolute Gasteiger partial charge is 0.0133 e. The third-order valence-electron chi connectivity index (χ3n) is 2.81. The Morgan fingerprint density at radius 2 is 1.88 bits per heavy atom. The summed E-state index contributed by atoms with van der Waals surface area (Å²) in [6.07, 6.45) is 3.53. The van der Waals surface area contributed by atoms with E-state index < -0.39 is 0 Å². The van der Waals surface area contributed by atoms with Gasteiger partial charge in [0.15, 0.2) is 0 Å². The van der Waals surface area contributed by atoms with Gasteiger partial charge in [0.1, 0.15) is 0 Å². The maximum atomic E-state index is 3.60. The van der Waals surface area contributed by atoms with Crippen molar-refractivity contribution >= 4 is 15.9 Å². The van der Waals surface area contributed by atoms with E-state index >= 15 is 0 Å². The number of hydrogen-bond donors (Lipinski definition) is 1. The first-order valence-corrected chi connectivity index (χ1v) is 7.11. The number of benzene rings is 1. The summed E-state index contributed by atoms with van der Waals surface area (Å²) in [7, 11) is 0. The van der Waals surface area contributed by atoms with Crippen molar-refractivity contribution in [3.05, 3.63) is 35.9 Å². The molecule has 0 aliphatic heterocycles. The third kappa shape index (κ3) is 5.66. The second-order valence-corrected chi connectivity index (χ2v) is 5.63. The predicted molar refractivity (Wildman–Crippen MR) is 75.3 cm³/mol. The molecular formula is C14H22BrN. The first-order valence-electron chi connectivity index (χ1n) is 5.99. The minimum Gasteiger partial charge on any atom is -0.312 e. The molecule has 0 aromatic heterocycles. The maximum absolute atomic E-state index is 3.60. The van der Waals surface area contributed by atoms with Crippen LogP contribution >= 0.6 is 15.9 Å². The molecular weight excluding hydrogens is 262 g/mol. The van der Waals surface area contributed by atoms with Gasteiger partial charge in [-0.25, -0.2) is 0 Å². The number of halogens is 1. The van der Waals surface area contributed by atoms with Crippen molar-refractivity contribution in [2.75, 3.05) is 11.9 Å². The minimum absolute atomic E-state index is 0.250. The van der Waals surface area contributed by atoms with Gasteiger partial charge in [-0.3, -0.25) is 0 Å².